The summed E-state index contributed by atoms with van der Waals surface area (Å²) in [5, 5.41) is 5.65. The number of sulfonamides is 1. The number of aromatic nitrogens is 2. The molecule has 9 heteroatoms. The molecule has 1 aromatic heterocycles. The number of carbonyl (C=O) groups is 1. The maximum absolute atomic E-state index is 12.0. The van der Waals surface area contributed by atoms with Gasteiger partial charge in [0.25, 0.3) is 0 Å². The van der Waals surface area contributed by atoms with Crippen molar-refractivity contribution in [2.24, 2.45) is 0 Å². The molecule has 21 heavy (non-hydrogen) atoms. The molecular weight excluding hydrogens is 294 g/mol. The van der Waals surface area contributed by atoms with Crippen LogP contribution in [0.1, 0.15) is 26.2 Å². The average molecular weight is 313 g/mol. The van der Waals surface area contributed by atoms with E-state index in [0.29, 0.717) is 12.5 Å². The van der Waals surface area contributed by atoms with Gasteiger partial charge in [-0.1, -0.05) is 6.92 Å². The molecule has 1 fully saturated rings. The third-order valence-electron chi connectivity index (χ3n) is 2.84. The Morgan fingerprint density at radius 1 is 1.33 bits per heavy atom. The van der Waals surface area contributed by atoms with Gasteiger partial charge in [-0.3, -0.25) is 4.79 Å². The largest absolute Gasteiger partial charge is 0.354 e. The van der Waals surface area contributed by atoms with Crippen molar-refractivity contribution in [1.82, 2.24) is 20.0 Å². The van der Waals surface area contributed by atoms with Gasteiger partial charge in [-0.05, 0) is 19.3 Å². The van der Waals surface area contributed by atoms with E-state index in [0.717, 1.165) is 19.3 Å². The van der Waals surface area contributed by atoms with Crippen LogP contribution in [0.4, 0.5) is 5.95 Å². The fourth-order valence-electron chi connectivity index (χ4n) is 1.53. The molecule has 1 aliphatic rings. The Hall–Kier alpha value is -1.74. The van der Waals surface area contributed by atoms with Gasteiger partial charge in [-0.15, -0.1) is 0 Å². The van der Waals surface area contributed by atoms with Crippen molar-refractivity contribution in [2.75, 3.05) is 18.4 Å². The molecule has 1 heterocycles. The molecular formula is C12H19N5O3S. The molecule has 0 radical (unpaired) electrons. The summed E-state index contributed by atoms with van der Waals surface area (Å²) in [7, 11) is -3.77. The first-order valence-electron chi connectivity index (χ1n) is 6.86. The van der Waals surface area contributed by atoms with Crippen LogP contribution in [0.2, 0.25) is 0 Å². The van der Waals surface area contributed by atoms with Crippen LogP contribution < -0.4 is 15.4 Å². The number of nitrogens with one attached hydrogen (secondary N) is 3. The standard InChI is InChI=1S/C12H19N5O3S/c1-2-5-13-12-14-6-10(7-15-12)21(19,20)16-8-11(18)17-9-3-4-9/h6-7,9,16H,2-5,8H2,1H3,(H,17,18)(H,13,14,15). The summed E-state index contributed by atoms with van der Waals surface area (Å²) < 4.78 is 26.2. The van der Waals surface area contributed by atoms with Gasteiger partial charge in [0.05, 0.1) is 18.9 Å². The van der Waals surface area contributed by atoms with E-state index >= 15 is 0 Å². The molecule has 0 unspecified atom stereocenters. The van der Waals surface area contributed by atoms with Crippen LogP contribution in [-0.4, -0.2) is 43.4 Å². The summed E-state index contributed by atoms with van der Waals surface area (Å²) in [6.07, 6.45) is 5.26. The van der Waals surface area contributed by atoms with Gasteiger partial charge >= 0.3 is 0 Å². The highest BCUT2D eigenvalue weighted by Gasteiger charge is 2.24. The van der Waals surface area contributed by atoms with E-state index in [9.17, 15) is 13.2 Å². The normalized spacial score (nSPS) is 14.7. The lowest BCUT2D eigenvalue weighted by Crippen LogP contribution is -2.37. The lowest BCUT2D eigenvalue weighted by atomic mass is 10.5. The predicted molar refractivity (Wildman–Crippen MR) is 77.2 cm³/mol. The molecule has 3 N–H and O–H groups in total. The van der Waals surface area contributed by atoms with Crippen molar-refractivity contribution < 1.29 is 13.2 Å². The summed E-state index contributed by atoms with van der Waals surface area (Å²) in [6, 6.07) is 0.203. The van der Waals surface area contributed by atoms with Gasteiger partial charge in [0.2, 0.25) is 21.9 Å². The fraction of sp³-hybridized carbons (Fsp3) is 0.583. The fourth-order valence-corrected chi connectivity index (χ4v) is 2.40. The number of amides is 1. The molecule has 0 bridgehead atoms. The Kier molecular flexibility index (Phi) is 5.07. The highest BCUT2D eigenvalue weighted by molar-refractivity contribution is 7.89. The molecule has 0 atom stereocenters. The van der Waals surface area contributed by atoms with Gasteiger partial charge in [0, 0.05) is 12.6 Å². The monoisotopic (exact) mass is 313 g/mol. The van der Waals surface area contributed by atoms with Crippen LogP contribution in [0.3, 0.4) is 0 Å². The number of carbonyl (C=O) groups excluding carboxylic acids is 1. The molecule has 1 saturated carbocycles. The molecule has 1 aliphatic carbocycles. The van der Waals surface area contributed by atoms with Crippen molar-refractivity contribution in [2.45, 2.75) is 37.1 Å². The average Bonchev–Trinajstić information content (AvgIpc) is 3.27. The number of hydrogen-bond acceptors (Lipinski definition) is 6. The smallest absolute Gasteiger partial charge is 0.244 e. The molecule has 0 saturated heterocycles. The van der Waals surface area contributed by atoms with E-state index in [1.54, 1.807) is 0 Å². The summed E-state index contributed by atoms with van der Waals surface area (Å²) in [5.74, 6) is 0.0468. The Bertz CT molecular complexity index is 583. The Morgan fingerprint density at radius 2 is 2.00 bits per heavy atom. The van der Waals surface area contributed by atoms with Crippen molar-refractivity contribution in [1.29, 1.82) is 0 Å². The quantitative estimate of drug-likeness (QED) is 0.615. The number of nitrogens with zero attached hydrogens (tertiary/aromatic N) is 2. The molecule has 1 aromatic rings. The third-order valence-corrected chi connectivity index (χ3v) is 4.19. The summed E-state index contributed by atoms with van der Waals surface area (Å²) >= 11 is 0. The highest BCUT2D eigenvalue weighted by Crippen LogP contribution is 2.18. The zero-order valence-corrected chi connectivity index (χ0v) is 12.6. The third kappa shape index (κ3) is 4.94. The van der Waals surface area contributed by atoms with E-state index in [2.05, 4.69) is 25.3 Å². The van der Waals surface area contributed by atoms with E-state index in [-0.39, 0.29) is 23.4 Å². The SMILES string of the molecule is CCCNc1ncc(S(=O)(=O)NCC(=O)NC2CC2)cn1. The van der Waals surface area contributed by atoms with Crippen molar-refractivity contribution >= 4 is 21.9 Å². The first-order valence-corrected chi connectivity index (χ1v) is 8.34. The number of hydrogen-bond donors (Lipinski definition) is 3. The molecule has 116 valence electrons. The molecule has 0 aromatic carbocycles. The zero-order chi connectivity index (χ0) is 15.3. The maximum Gasteiger partial charge on any atom is 0.244 e. The molecule has 0 aliphatic heterocycles. The lowest BCUT2D eigenvalue weighted by Gasteiger charge is -2.07. The molecule has 2 rings (SSSR count). The minimum atomic E-state index is -3.77. The van der Waals surface area contributed by atoms with Gasteiger partial charge in [0.1, 0.15) is 4.90 Å². The van der Waals surface area contributed by atoms with Crippen LogP contribution >= 0.6 is 0 Å². The van der Waals surface area contributed by atoms with Crippen LogP contribution in [0.25, 0.3) is 0 Å². The van der Waals surface area contributed by atoms with Crippen LogP contribution in [0.5, 0.6) is 0 Å². The van der Waals surface area contributed by atoms with Gasteiger partial charge in [0.15, 0.2) is 0 Å². The van der Waals surface area contributed by atoms with Crippen molar-refractivity contribution in [3.05, 3.63) is 12.4 Å². The summed E-state index contributed by atoms with van der Waals surface area (Å²) in [6.45, 7) is 2.43. The van der Waals surface area contributed by atoms with E-state index < -0.39 is 10.0 Å². The minimum absolute atomic E-state index is 0.0660. The van der Waals surface area contributed by atoms with Crippen LogP contribution in [0, 0.1) is 0 Å². The molecule has 1 amide bonds. The van der Waals surface area contributed by atoms with E-state index in [4.69, 9.17) is 0 Å². The second kappa shape index (κ2) is 6.81. The van der Waals surface area contributed by atoms with Crippen LogP contribution in [-0.2, 0) is 14.8 Å². The van der Waals surface area contributed by atoms with Crippen LogP contribution in [0.15, 0.2) is 17.3 Å². The van der Waals surface area contributed by atoms with E-state index in [1.807, 2.05) is 6.92 Å². The first kappa shape index (κ1) is 15.6. The van der Waals surface area contributed by atoms with E-state index in [1.165, 1.54) is 12.4 Å². The zero-order valence-electron chi connectivity index (χ0n) is 11.8. The first-order chi connectivity index (χ1) is 10.0. The van der Waals surface area contributed by atoms with Gasteiger partial charge < -0.3 is 10.6 Å². The van der Waals surface area contributed by atoms with Gasteiger partial charge in [-0.2, -0.15) is 0 Å². The minimum Gasteiger partial charge on any atom is -0.354 e. The summed E-state index contributed by atoms with van der Waals surface area (Å²) in [4.78, 5) is 19.3. The van der Waals surface area contributed by atoms with Crippen molar-refractivity contribution in [3.8, 4) is 0 Å². The predicted octanol–water partition coefficient (Wildman–Crippen LogP) is -0.145. The number of anilines is 1. The molecule has 8 nitrogen and oxygen atoms in total. The summed E-state index contributed by atoms with van der Waals surface area (Å²) in [5.41, 5.74) is 0. The lowest BCUT2D eigenvalue weighted by molar-refractivity contribution is -0.120. The Balaban J connectivity index is 1.89. The molecule has 0 spiro atoms. The second-order valence-electron chi connectivity index (χ2n) is 4.84. The Labute approximate surface area is 123 Å². The van der Waals surface area contributed by atoms with Gasteiger partial charge in [-0.25, -0.2) is 23.1 Å². The second-order valence-corrected chi connectivity index (χ2v) is 6.60. The number of rotatable bonds is 8. The van der Waals surface area contributed by atoms with Crippen molar-refractivity contribution in [3.63, 3.8) is 0 Å². The Morgan fingerprint density at radius 3 is 2.57 bits per heavy atom. The topological polar surface area (TPSA) is 113 Å². The maximum atomic E-state index is 12.0. The highest BCUT2D eigenvalue weighted by atomic mass is 32.2.